The van der Waals surface area contributed by atoms with Crippen molar-refractivity contribution < 1.29 is 18.7 Å². The highest BCUT2D eigenvalue weighted by molar-refractivity contribution is 6.03. The minimum atomic E-state index is -0.473. The highest BCUT2D eigenvalue weighted by atomic mass is 19.1. The maximum atomic E-state index is 13.8. The summed E-state index contributed by atoms with van der Waals surface area (Å²) in [6, 6.07) is 4.14. The first-order valence-electron chi connectivity index (χ1n) is 11.1. The van der Waals surface area contributed by atoms with Gasteiger partial charge in [0.2, 0.25) is 5.91 Å². The molecule has 1 aromatic carbocycles. The number of nitrogens with zero attached hydrogens (tertiary/aromatic N) is 5. The van der Waals surface area contributed by atoms with Gasteiger partial charge in [-0.15, -0.1) is 0 Å². The third-order valence-corrected chi connectivity index (χ3v) is 6.04. The molecular formula is C26H37FN6O3. The van der Waals surface area contributed by atoms with Crippen molar-refractivity contribution in [3.05, 3.63) is 59.1 Å². The van der Waals surface area contributed by atoms with Crippen LogP contribution in [0.3, 0.4) is 0 Å². The fourth-order valence-corrected chi connectivity index (χ4v) is 4.18. The van der Waals surface area contributed by atoms with Crippen molar-refractivity contribution in [2.45, 2.75) is 60.2 Å². The van der Waals surface area contributed by atoms with E-state index in [0.717, 1.165) is 16.8 Å². The number of carbonyl (C=O) groups excluding carboxylic acids is 1. The number of methoxy groups -OCH3 is 2. The van der Waals surface area contributed by atoms with Crippen LogP contribution in [0.25, 0.3) is 0 Å². The van der Waals surface area contributed by atoms with Gasteiger partial charge in [-0.25, -0.2) is 14.4 Å². The fraction of sp³-hybridized carbons (Fsp3) is 0.462. The average molecular weight is 501 g/mol. The third-order valence-electron chi connectivity index (χ3n) is 6.04. The van der Waals surface area contributed by atoms with Crippen molar-refractivity contribution in [2.24, 2.45) is 0 Å². The average Bonchev–Trinajstić information content (AvgIpc) is 3.25. The van der Waals surface area contributed by atoms with E-state index in [9.17, 15) is 9.18 Å². The predicted molar refractivity (Wildman–Crippen MR) is 139 cm³/mol. The molecule has 196 valence electrons. The van der Waals surface area contributed by atoms with Gasteiger partial charge >= 0.3 is 0 Å². The van der Waals surface area contributed by atoms with Crippen LogP contribution in [-0.4, -0.2) is 59.1 Å². The summed E-state index contributed by atoms with van der Waals surface area (Å²) in [6.45, 7) is 4.16. The Balaban J connectivity index is 0.00000228. The van der Waals surface area contributed by atoms with Gasteiger partial charge < -0.3 is 19.7 Å². The number of benzene rings is 1. The maximum absolute atomic E-state index is 13.8. The molecule has 1 N–H and O–H groups in total. The monoisotopic (exact) mass is 500 g/mol. The van der Waals surface area contributed by atoms with Gasteiger partial charge in [0.15, 0.2) is 5.82 Å². The van der Waals surface area contributed by atoms with E-state index >= 15 is 0 Å². The number of carbonyl (C=O) groups is 1. The molecule has 0 saturated carbocycles. The van der Waals surface area contributed by atoms with Crippen LogP contribution in [0.15, 0.2) is 30.6 Å². The largest absolute Gasteiger partial charge is 0.497 e. The van der Waals surface area contributed by atoms with Crippen molar-refractivity contribution in [1.82, 2.24) is 19.7 Å². The predicted octanol–water partition coefficient (Wildman–Crippen LogP) is 4.03. The van der Waals surface area contributed by atoms with E-state index in [0.29, 0.717) is 42.5 Å². The lowest BCUT2D eigenvalue weighted by Crippen LogP contribution is -2.53. The Morgan fingerprint density at radius 1 is 1.14 bits per heavy atom. The molecule has 0 unspecified atom stereocenters. The molecule has 3 aromatic rings. The third kappa shape index (κ3) is 5.99. The van der Waals surface area contributed by atoms with Crippen LogP contribution in [0.2, 0.25) is 0 Å². The standard InChI is InChI=1S/C24H29FN6O3.2CH4/c1-14-21-23(30(3)22(15(2)33-4)24(32)29-21)28-20(27-14)7-6-16-11-26-31(12-16)13-17-8-18(25)10-19(9-17)34-5;;/h8-12,15,22H,6-7,13H2,1-5H3,(H,29,32);2*1H4/t15-,22+;;/m1../s1. The number of likely N-dealkylation sites (N-methyl/N-ethyl adjacent to an activating group) is 1. The molecule has 36 heavy (non-hydrogen) atoms. The van der Waals surface area contributed by atoms with E-state index in [4.69, 9.17) is 14.5 Å². The number of halogens is 1. The second-order valence-corrected chi connectivity index (χ2v) is 8.46. The van der Waals surface area contributed by atoms with Crippen molar-refractivity contribution in [2.75, 3.05) is 31.5 Å². The Labute approximate surface area is 212 Å². The second kappa shape index (κ2) is 11.9. The van der Waals surface area contributed by atoms with E-state index in [1.54, 1.807) is 24.1 Å². The van der Waals surface area contributed by atoms with Crippen LogP contribution in [0, 0.1) is 12.7 Å². The van der Waals surface area contributed by atoms with E-state index < -0.39 is 6.04 Å². The molecule has 0 aliphatic carbocycles. The fourth-order valence-electron chi connectivity index (χ4n) is 4.18. The molecule has 9 nitrogen and oxygen atoms in total. The SMILES string of the molecule is C.C.COc1cc(F)cc(Cn2cc(CCc3nc(C)c4c(n3)N(C)[C@@H]([C@@H](C)OC)C(=O)N4)cn2)c1. The highest BCUT2D eigenvalue weighted by Gasteiger charge is 2.37. The summed E-state index contributed by atoms with van der Waals surface area (Å²) in [6.07, 6.45) is 4.75. The van der Waals surface area contributed by atoms with Gasteiger partial charge in [0.1, 0.15) is 29.1 Å². The minimum absolute atomic E-state index is 0. The van der Waals surface area contributed by atoms with Crippen LogP contribution in [0.4, 0.5) is 15.9 Å². The van der Waals surface area contributed by atoms with Crippen LogP contribution in [0.1, 0.15) is 44.4 Å². The zero-order valence-corrected chi connectivity index (χ0v) is 20.0. The molecule has 1 aliphatic rings. The number of anilines is 2. The van der Waals surface area contributed by atoms with E-state index in [1.165, 1.54) is 19.2 Å². The van der Waals surface area contributed by atoms with Crippen LogP contribution in [-0.2, 0) is 28.9 Å². The molecule has 3 heterocycles. The number of aromatic nitrogens is 4. The number of hydrogen-bond donors (Lipinski definition) is 1. The summed E-state index contributed by atoms with van der Waals surface area (Å²) in [5, 5.41) is 7.33. The Bertz CT molecular complexity index is 1200. The molecule has 2 aromatic heterocycles. The number of amides is 1. The number of aryl methyl sites for hydroxylation is 3. The lowest BCUT2D eigenvalue weighted by atomic mass is 10.1. The number of ether oxygens (including phenoxy) is 2. The number of nitrogens with one attached hydrogen (secondary N) is 1. The van der Waals surface area contributed by atoms with Crippen LogP contribution >= 0.6 is 0 Å². The van der Waals surface area contributed by atoms with Gasteiger partial charge in [0.05, 0.1) is 31.6 Å². The summed E-state index contributed by atoms with van der Waals surface area (Å²) in [5.74, 6) is 1.38. The van der Waals surface area contributed by atoms with Gasteiger partial charge in [-0.3, -0.25) is 9.48 Å². The summed E-state index contributed by atoms with van der Waals surface area (Å²) < 4.78 is 26.1. The van der Waals surface area contributed by atoms with Gasteiger partial charge in [-0.2, -0.15) is 5.10 Å². The Morgan fingerprint density at radius 3 is 2.58 bits per heavy atom. The van der Waals surface area contributed by atoms with E-state index in [-0.39, 0.29) is 32.7 Å². The van der Waals surface area contributed by atoms with Gasteiger partial charge in [0.25, 0.3) is 0 Å². The van der Waals surface area contributed by atoms with Gasteiger partial charge in [-0.1, -0.05) is 14.9 Å². The quantitative estimate of drug-likeness (QED) is 0.499. The first kappa shape index (κ1) is 28.7. The number of hydrogen-bond acceptors (Lipinski definition) is 7. The van der Waals surface area contributed by atoms with Crippen molar-refractivity contribution >= 4 is 17.4 Å². The van der Waals surface area contributed by atoms with Crippen molar-refractivity contribution in [3.8, 4) is 5.75 Å². The Hall–Kier alpha value is -3.53. The topological polar surface area (TPSA) is 94.4 Å². The first-order valence-corrected chi connectivity index (χ1v) is 11.1. The molecule has 1 amide bonds. The molecule has 10 heteroatoms. The molecule has 0 fully saturated rings. The summed E-state index contributed by atoms with van der Waals surface area (Å²) in [5.41, 5.74) is 3.15. The first-order chi connectivity index (χ1) is 16.3. The summed E-state index contributed by atoms with van der Waals surface area (Å²) in [7, 11) is 4.95. The minimum Gasteiger partial charge on any atom is -0.497 e. The molecule has 0 radical (unpaired) electrons. The number of fused-ring (bicyclic) bond motifs is 1. The Morgan fingerprint density at radius 2 is 1.89 bits per heavy atom. The molecule has 2 atom stereocenters. The zero-order chi connectivity index (χ0) is 24.4. The lowest BCUT2D eigenvalue weighted by Gasteiger charge is -2.37. The maximum Gasteiger partial charge on any atom is 0.249 e. The van der Waals surface area contributed by atoms with Crippen LogP contribution < -0.4 is 15.0 Å². The Kier molecular flexibility index (Phi) is 9.52. The van der Waals surface area contributed by atoms with Crippen LogP contribution in [0.5, 0.6) is 5.75 Å². The zero-order valence-electron chi connectivity index (χ0n) is 20.0. The summed E-state index contributed by atoms with van der Waals surface area (Å²) >= 11 is 0. The molecule has 0 spiro atoms. The molecule has 1 aliphatic heterocycles. The van der Waals surface area contributed by atoms with Gasteiger partial charge in [0, 0.05) is 32.8 Å². The smallest absolute Gasteiger partial charge is 0.249 e. The second-order valence-electron chi connectivity index (χ2n) is 8.46. The van der Waals surface area contributed by atoms with Crippen molar-refractivity contribution in [3.63, 3.8) is 0 Å². The molecule has 0 saturated heterocycles. The highest BCUT2D eigenvalue weighted by Crippen LogP contribution is 2.32. The normalized spacial score (nSPS) is 15.3. The van der Waals surface area contributed by atoms with E-state index in [1.807, 2.05) is 32.0 Å². The lowest BCUT2D eigenvalue weighted by molar-refractivity contribution is -0.120. The molecular weight excluding hydrogens is 463 g/mol. The van der Waals surface area contributed by atoms with Gasteiger partial charge in [-0.05, 0) is 43.5 Å². The number of rotatable bonds is 8. The molecule has 0 bridgehead atoms. The summed E-state index contributed by atoms with van der Waals surface area (Å²) in [4.78, 5) is 23.8. The molecule has 4 rings (SSSR count). The van der Waals surface area contributed by atoms with Crippen molar-refractivity contribution in [1.29, 1.82) is 0 Å². The van der Waals surface area contributed by atoms with E-state index in [2.05, 4.69) is 15.4 Å².